The smallest absolute Gasteiger partial charge is 0.177 e. The average Bonchev–Trinajstić information content (AvgIpc) is 2.69. The van der Waals surface area contributed by atoms with Crippen LogP contribution in [-0.4, -0.2) is 98.1 Å². The maximum atomic E-state index is 12.6. The number of piperazine rings is 1. The first-order valence-corrected chi connectivity index (χ1v) is 10.4. The van der Waals surface area contributed by atoms with E-state index in [0.29, 0.717) is 22.8 Å². The number of methoxy groups -OCH3 is 2. The van der Waals surface area contributed by atoms with Gasteiger partial charge >= 0.3 is 0 Å². The summed E-state index contributed by atoms with van der Waals surface area (Å²) in [4.78, 5) is 19.5. The minimum atomic E-state index is -0.0114. The Kier molecular flexibility index (Phi) is 8.82. The Morgan fingerprint density at radius 3 is 2.48 bits per heavy atom. The van der Waals surface area contributed by atoms with Crippen LogP contribution in [-0.2, 0) is 0 Å². The number of Topliss-reactive ketones (excluding diaryl/α,β-unsaturated/α-hetero) is 1. The molecule has 1 saturated heterocycles. The molecule has 0 radical (unpaired) electrons. The summed E-state index contributed by atoms with van der Waals surface area (Å²) in [5.74, 6) is 1.48. The van der Waals surface area contributed by atoms with Gasteiger partial charge in [-0.05, 0) is 32.3 Å². The van der Waals surface area contributed by atoms with Crippen molar-refractivity contribution in [3.8, 4) is 11.5 Å². The number of rotatable bonds is 8. The van der Waals surface area contributed by atoms with Crippen LogP contribution in [0.25, 0.3) is 0 Å². The van der Waals surface area contributed by atoms with E-state index in [0.717, 1.165) is 43.6 Å². The monoisotopic (exact) mass is 411 g/mol. The zero-order valence-corrected chi connectivity index (χ0v) is 18.2. The lowest BCUT2D eigenvalue weighted by Crippen LogP contribution is -2.49. The number of carbonyl (C=O) groups excluding carboxylic acids is 1. The van der Waals surface area contributed by atoms with Gasteiger partial charge in [0.1, 0.15) is 15.8 Å². The highest BCUT2D eigenvalue weighted by Gasteiger charge is 2.21. The van der Waals surface area contributed by atoms with E-state index in [1.54, 1.807) is 32.4 Å². The molecule has 1 heterocycles. The SMILES string of the molecule is COc1ccc(OC)c(C(=O)CSC(=S)N2CCN(CCN(C)C)CC2)c1. The number of ether oxygens (including phenoxy) is 2. The zero-order chi connectivity index (χ0) is 19.8. The van der Waals surface area contributed by atoms with Crippen LogP contribution in [0.15, 0.2) is 18.2 Å². The molecular formula is C19H29N3O3S2. The van der Waals surface area contributed by atoms with Gasteiger partial charge in [0.15, 0.2) is 5.78 Å². The molecule has 6 nitrogen and oxygen atoms in total. The third-order valence-corrected chi connectivity index (χ3v) is 6.05. The van der Waals surface area contributed by atoms with Gasteiger partial charge in [0, 0.05) is 39.3 Å². The number of likely N-dealkylation sites (N-methyl/N-ethyl adjacent to an activating group) is 1. The molecule has 1 aliphatic rings. The standard InChI is InChI=1S/C19H29N3O3S2/c1-20(2)7-8-21-9-11-22(12-10-21)19(26)27-14-17(23)16-13-15(24-3)5-6-18(16)25-4/h5-6,13H,7-12,14H2,1-4H3. The summed E-state index contributed by atoms with van der Waals surface area (Å²) in [6.45, 7) is 5.98. The van der Waals surface area contributed by atoms with Crippen molar-refractivity contribution >= 4 is 34.1 Å². The highest BCUT2D eigenvalue weighted by atomic mass is 32.2. The first kappa shape index (κ1) is 21.9. The van der Waals surface area contributed by atoms with Crippen LogP contribution in [0.2, 0.25) is 0 Å². The summed E-state index contributed by atoms with van der Waals surface area (Å²) in [6.07, 6.45) is 0. The van der Waals surface area contributed by atoms with Crippen LogP contribution in [0.1, 0.15) is 10.4 Å². The Balaban J connectivity index is 1.83. The summed E-state index contributed by atoms with van der Waals surface area (Å²) in [6, 6.07) is 5.25. The van der Waals surface area contributed by atoms with Gasteiger partial charge < -0.3 is 19.3 Å². The number of nitrogens with zero attached hydrogens (tertiary/aromatic N) is 3. The summed E-state index contributed by atoms with van der Waals surface area (Å²) < 4.78 is 11.3. The Hall–Kier alpha value is -1.35. The minimum Gasteiger partial charge on any atom is -0.497 e. The van der Waals surface area contributed by atoms with Crippen molar-refractivity contribution in [1.82, 2.24) is 14.7 Å². The first-order chi connectivity index (χ1) is 12.9. The molecule has 0 saturated carbocycles. The molecule has 150 valence electrons. The van der Waals surface area contributed by atoms with Gasteiger partial charge in [0.2, 0.25) is 0 Å². The van der Waals surface area contributed by atoms with Crippen LogP contribution < -0.4 is 9.47 Å². The maximum Gasteiger partial charge on any atom is 0.177 e. The molecule has 0 atom stereocenters. The van der Waals surface area contributed by atoms with Crippen LogP contribution in [0.5, 0.6) is 11.5 Å². The van der Waals surface area contributed by atoms with Crippen molar-refractivity contribution in [2.24, 2.45) is 0 Å². The van der Waals surface area contributed by atoms with E-state index in [4.69, 9.17) is 21.7 Å². The highest BCUT2D eigenvalue weighted by Crippen LogP contribution is 2.26. The quantitative estimate of drug-likeness (QED) is 0.476. The summed E-state index contributed by atoms with van der Waals surface area (Å²) >= 11 is 6.97. The van der Waals surface area contributed by atoms with Crippen molar-refractivity contribution in [1.29, 1.82) is 0 Å². The van der Waals surface area contributed by atoms with E-state index < -0.39 is 0 Å². The summed E-state index contributed by atoms with van der Waals surface area (Å²) in [5, 5.41) is 0. The molecular weight excluding hydrogens is 382 g/mol. The maximum absolute atomic E-state index is 12.6. The van der Waals surface area contributed by atoms with Crippen LogP contribution >= 0.6 is 24.0 Å². The predicted octanol–water partition coefficient (Wildman–Crippen LogP) is 2.08. The lowest BCUT2D eigenvalue weighted by Gasteiger charge is -2.36. The second kappa shape index (κ2) is 10.8. The van der Waals surface area contributed by atoms with E-state index in [1.165, 1.54) is 11.8 Å². The van der Waals surface area contributed by atoms with Crippen molar-refractivity contribution in [3.05, 3.63) is 23.8 Å². The van der Waals surface area contributed by atoms with E-state index in [2.05, 4.69) is 28.8 Å². The molecule has 0 unspecified atom stereocenters. The largest absolute Gasteiger partial charge is 0.497 e. The second-order valence-corrected chi connectivity index (χ2v) is 8.29. The molecule has 27 heavy (non-hydrogen) atoms. The molecule has 1 aromatic carbocycles. The molecule has 0 bridgehead atoms. The van der Waals surface area contributed by atoms with E-state index >= 15 is 0 Å². The van der Waals surface area contributed by atoms with E-state index in [9.17, 15) is 4.79 Å². The van der Waals surface area contributed by atoms with Gasteiger partial charge in [-0.1, -0.05) is 24.0 Å². The lowest BCUT2D eigenvalue weighted by molar-refractivity contribution is 0.101. The highest BCUT2D eigenvalue weighted by molar-refractivity contribution is 8.23. The van der Waals surface area contributed by atoms with Gasteiger partial charge in [-0.3, -0.25) is 9.69 Å². The fourth-order valence-corrected chi connectivity index (χ4v) is 3.96. The normalized spacial score (nSPS) is 15.1. The molecule has 0 aromatic heterocycles. The Labute approximate surface area is 171 Å². The van der Waals surface area contributed by atoms with Crippen molar-refractivity contribution in [2.45, 2.75) is 0 Å². The number of ketones is 1. The van der Waals surface area contributed by atoms with Gasteiger partial charge in [-0.2, -0.15) is 0 Å². The molecule has 2 rings (SSSR count). The zero-order valence-electron chi connectivity index (χ0n) is 16.6. The molecule has 1 fully saturated rings. The van der Waals surface area contributed by atoms with E-state index in [-0.39, 0.29) is 5.78 Å². The van der Waals surface area contributed by atoms with Crippen molar-refractivity contribution in [2.75, 3.05) is 73.3 Å². The fraction of sp³-hybridized carbons (Fsp3) is 0.579. The number of hydrogen-bond donors (Lipinski definition) is 0. The summed E-state index contributed by atoms with van der Waals surface area (Å²) in [5.41, 5.74) is 0.528. The molecule has 1 aromatic rings. The van der Waals surface area contributed by atoms with Gasteiger partial charge in [-0.15, -0.1) is 0 Å². The number of thioether (sulfide) groups is 1. The molecule has 0 N–H and O–H groups in total. The first-order valence-electron chi connectivity index (χ1n) is 8.98. The molecule has 0 spiro atoms. The molecule has 8 heteroatoms. The van der Waals surface area contributed by atoms with E-state index in [1.807, 2.05) is 0 Å². The number of thiocarbonyl (C=S) groups is 1. The fourth-order valence-electron chi connectivity index (χ4n) is 2.82. The van der Waals surface area contributed by atoms with Gasteiger partial charge in [-0.25, -0.2) is 0 Å². The van der Waals surface area contributed by atoms with Gasteiger partial charge in [0.05, 0.1) is 25.5 Å². The number of benzene rings is 1. The molecule has 1 aliphatic heterocycles. The Bertz CT molecular complexity index is 647. The third kappa shape index (κ3) is 6.64. The van der Waals surface area contributed by atoms with Crippen LogP contribution in [0.3, 0.4) is 0 Å². The van der Waals surface area contributed by atoms with Crippen LogP contribution in [0.4, 0.5) is 0 Å². The van der Waals surface area contributed by atoms with Gasteiger partial charge in [0.25, 0.3) is 0 Å². The van der Waals surface area contributed by atoms with Crippen molar-refractivity contribution < 1.29 is 14.3 Å². The average molecular weight is 412 g/mol. The number of hydrogen-bond acceptors (Lipinski definition) is 7. The Morgan fingerprint density at radius 1 is 1.19 bits per heavy atom. The summed E-state index contributed by atoms with van der Waals surface area (Å²) in [7, 11) is 7.33. The third-order valence-electron chi connectivity index (χ3n) is 4.53. The minimum absolute atomic E-state index is 0.0114. The number of carbonyl (C=O) groups is 1. The second-order valence-electron chi connectivity index (χ2n) is 6.68. The predicted molar refractivity (Wildman–Crippen MR) is 115 cm³/mol. The molecule has 0 amide bonds. The lowest BCUT2D eigenvalue weighted by atomic mass is 10.1. The van der Waals surface area contributed by atoms with Crippen LogP contribution in [0, 0.1) is 0 Å². The topological polar surface area (TPSA) is 45.3 Å². The Morgan fingerprint density at radius 2 is 1.89 bits per heavy atom. The van der Waals surface area contributed by atoms with Crippen molar-refractivity contribution in [3.63, 3.8) is 0 Å². The molecule has 0 aliphatic carbocycles.